The zero-order valence-corrected chi connectivity index (χ0v) is 15.3. The molecule has 0 fully saturated rings. The molecule has 0 bridgehead atoms. The largest absolute Gasteiger partial charge is 0.508 e. The molecule has 3 rings (SSSR count). The van der Waals surface area contributed by atoms with Gasteiger partial charge in [0, 0.05) is 23.7 Å². The number of nitrogens with zero attached hydrogens (tertiary/aromatic N) is 1. The topological polar surface area (TPSA) is 53.8 Å². The van der Waals surface area contributed by atoms with E-state index in [0.717, 1.165) is 22.6 Å². The van der Waals surface area contributed by atoms with Gasteiger partial charge in [-0.2, -0.15) is 0 Å². The number of hydrogen-bond donors (Lipinski definition) is 2. The Bertz CT molecular complexity index is 785. The molecule has 2 aromatic carbocycles. The monoisotopic (exact) mass is 338 g/mol. The molecule has 4 nitrogen and oxygen atoms in total. The number of phenolic OH excluding ortho intramolecular Hbond substituents is 1. The number of ether oxygens (including phenoxy) is 1. The van der Waals surface area contributed by atoms with E-state index >= 15 is 0 Å². The molecule has 0 saturated heterocycles. The lowest BCUT2D eigenvalue weighted by Crippen LogP contribution is -2.51. The zero-order valence-electron chi connectivity index (χ0n) is 15.3. The summed E-state index contributed by atoms with van der Waals surface area (Å²) in [7, 11) is 1.67. The third kappa shape index (κ3) is 3.54. The molecule has 0 unspecified atom stereocenters. The van der Waals surface area contributed by atoms with Gasteiger partial charge in [-0.1, -0.05) is 44.2 Å². The average molecular weight is 338 g/mol. The SMILES string of the molecule is COc1cccc(C2=N[C@](C)(C(C)C)N[C@@H](c3ccccc3O)C2)c1. The van der Waals surface area contributed by atoms with Crippen LogP contribution in [0, 0.1) is 5.92 Å². The van der Waals surface area contributed by atoms with Gasteiger partial charge in [0.15, 0.2) is 0 Å². The van der Waals surface area contributed by atoms with E-state index in [1.807, 2.05) is 36.4 Å². The standard InChI is InChI=1S/C21H26N2O2/c1-14(2)21(3)22-18(15-8-7-9-16(12-15)25-4)13-19(23-21)17-10-5-6-11-20(17)24/h5-12,14,19,23-24H,13H2,1-4H3/t19-,21+/m1/s1. The minimum absolute atomic E-state index is 0.00676. The van der Waals surface area contributed by atoms with Crippen molar-refractivity contribution in [1.29, 1.82) is 0 Å². The molecule has 0 radical (unpaired) electrons. The van der Waals surface area contributed by atoms with E-state index in [9.17, 15) is 5.11 Å². The quantitative estimate of drug-likeness (QED) is 0.874. The molecule has 2 atom stereocenters. The van der Waals surface area contributed by atoms with E-state index < -0.39 is 5.66 Å². The predicted molar refractivity (Wildman–Crippen MR) is 101 cm³/mol. The summed E-state index contributed by atoms with van der Waals surface area (Å²) in [4.78, 5) is 5.03. The summed E-state index contributed by atoms with van der Waals surface area (Å²) in [5.74, 6) is 1.45. The van der Waals surface area contributed by atoms with Gasteiger partial charge in [0.2, 0.25) is 0 Å². The van der Waals surface area contributed by atoms with Gasteiger partial charge >= 0.3 is 0 Å². The lowest BCUT2D eigenvalue weighted by Gasteiger charge is -2.40. The van der Waals surface area contributed by atoms with Crippen LogP contribution in [0.2, 0.25) is 0 Å². The van der Waals surface area contributed by atoms with Crippen LogP contribution in [0.3, 0.4) is 0 Å². The Kier molecular flexibility index (Phi) is 4.82. The second-order valence-corrected chi connectivity index (χ2v) is 7.05. The maximum atomic E-state index is 10.3. The van der Waals surface area contributed by atoms with Crippen molar-refractivity contribution in [1.82, 2.24) is 5.32 Å². The summed E-state index contributed by atoms with van der Waals surface area (Å²) in [5, 5.41) is 13.9. The summed E-state index contributed by atoms with van der Waals surface area (Å²) in [5.41, 5.74) is 2.60. The van der Waals surface area contributed by atoms with Crippen molar-refractivity contribution in [3.05, 3.63) is 59.7 Å². The van der Waals surface area contributed by atoms with Gasteiger partial charge < -0.3 is 9.84 Å². The molecule has 132 valence electrons. The fourth-order valence-electron chi connectivity index (χ4n) is 3.21. The molecule has 2 aromatic rings. The summed E-state index contributed by atoms with van der Waals surface area (Å²) in [6, 6.07) is 15.5. The first-order chi connectivity index (χ1) is 11.9. The summed E-state index contributed by atoms with van der Waals surface area (Å²) in [6.07, 6.45) is 0.715. The number of phenols is 1. The third-order valence-corrected chi connectivity index (χ3v) is 5.07. The Labute approximate surface area is 149 Å². The Morgan fingerprint density at radius 2 is 1.96 bits per heavy atom. The van der Waals surface area contributed by atoms with Crippen LogP contribution < -0.4 is 10.1 Å². The summed E-state index contributed by atoms with van der Waals surface area (Å²) >= 11 is 0. The van der Waals surface area contributed by atoms with Crippen molar-refractivity contribution in [3.63, 3.8) is 0 Å². The first-order valence-electron chi connectivity index (χ1n) is 8.71. The number of benzene rings is 2. The van der Waals surface area contributed by atoms with Gasteiger partial charge in [0.1, 0.15) is 17.2 Å². The average Bonchev–Trinajstić information content (AvgIpc) is 2.61. The van der Waals surface area contributed by atoms with Crippen LogP contribution in [-0.2, 0) is 0 Å². The van der Waals surface area contributed by atoms with Gasteiger partial charge in [0.05, 0.1) is 7.11 Å². The predicted octanol–water partition coefficient (Wildman–Crippen LogP) is 4.30. The number of nitrogens with one attached hydrogen (secondary N) is 1. The van der Waals surface area contributed by atoms with E-state index in [1.165, 1.54) is 0 Å². The highest BCUT2D eigenvalue weighted by Gasteiger charge is 2.36. The Morgan fingerprint density at radius 1 is 1.20 bits per heavy atom. The van der Waals surface area contributed by atoms with Gasteiger partial charge in [0.25, 0.3) is 0 Å². The number of rotatable bonds is 4. The van der Waals surface area contributed by atoms with Crippen LogP contribution in [0.15, 0.2) is 53.5 Å². The molecular weight excluding hydrogens is 312 g/mol. The second-order valence-electron chi connectivity index (χ2n) is 7.05. The Balaban J connectivity index is 2.04. The molecule has 2 N–H and O–H groups in total. The van der Waals surface area contributed by atoms with E-state index in [-0.39, 0.29) is 6.04 Å². The number of aliphatic imine (C=N–C) groups is 1. The summed E-state index contributed by atoms with van der Waals surface area (Å²) < 4.78 is 5.37. The molecule has 1 heterocycles. The highest BCUT2D eigenvalue weighted by Crippen LogP contribution is 2.36. The fourth-order valence-corrected chi connectivity index (χ4v) is 3.21. The van der Waals surface area contributed by atoms with Crippen molar-refractivity contribution in [2.75, 3.05) is 7.11 Å². The molecule has 4 heteroatoms. The Morgan fingerprint density at radius 3 is 2.64 bits per heavy atom. The fraction of sp³-hybridized carbons (Fsp3) is 0.381. The molecule has 0 amide bonds. The molecule has 0 aliphatic carbocycles. The van der Waals surface area contributed by atoms with Gasteiger partial charge in [-0.25, -0.2) is 0 Å². The van der Waals surface area contributed by atoms with Crippen LogP contribution in [0.4, 0.5) is 0 Å². The number of aromatic hydroxyl groups is 1. The minimum Gasteiger partial charge on any atom is -0.508 e. The molecular formula is C21H26N2O2. The molecule has 1 aliphatic rings. The van der Waals surface area contributed by atoms with Crippen molar-refractivity contribution < 1.29 is 9.84 Å². The van der Waals surface area contributed by atoms with E-state index in [1.54, 1.807) is 13.2 Å². The highest BCUT2D eigenvalue weighted by molar-refractivity contribution is 6.02. The molecule has 0 aromatic heterocycles. The van der Waals surface area contributed by atoms with Crippen molar-refractivity contribution in [3.8, 4) is 11.5 Å². The summed E-state index contributed by atoms with van der Waals surface area (Å²) in [6.45, 7) is 6.43. The Hall–Kier alpha value is -2.33. The highest BCUT2D eigenvalue weighted by atomic mass is 16.5. The molecule has 0 saturated carbocycles. The number of hydrogen-bond acceptors (Lipinski definition) is 4. The number of para-hydroxylation sites is 1. The molecule has 25 heavy (non-hydrogen) atoms. The molecule has 0 spiro atoms. The van der Waals surface area contributed by atoms with Crippen molar-refractivity contribution in [2.45, 2.75) is 38.9 Å². The van der Waals surface area contributed by atoms with Crippen molar-refractivity contribution >= 4 is 5.71 Å². The third-order valence-electron chi connectivity index (χ3n) is 5.07. The van der Waals surface area contributed by atoms with Crippen LogP contribution in [0.1, 0.15) is 44.4 Å². The zero-order chi connectivity index (χ0) is 18.0. The molecule has 1 aliphatic heterocycles. The maximum Gasteiger partial charge on any atom is 0.120 e. The van der Waals surface area contributed by atoms with E-state index in [2.05, 4.69) is 32.2 Å². The van der Waals surface area contributed by atoms with Crippen LogP contribution in [-0.4, -0.2) is 23.6 Å². The van der Waals surface area contributed by atoms with E-state index in [0.29, 0.717) is 18.1 Å². The van der Waals surface area contributed by atoms with Crippen molar-refractivity contribution in [2.24, 2.45) is 10.9 Å². The van der Waals surface area contributed by atoms with Gasteiger partial charge in [-0.05, 0) is 36.6 Å². The lowest BCUT2D eigenvalue weighted by molar-refractivity contribution is 0.229. The lowest BCUT2D eigenvalue weighted by atomic mass is 9.88. The maximum absolute atomic E-state index is 10.3. The first kappa shape index (κ1) is 17.5. The number of methoxy groups -OCH3 is 1. The van der Waals surface area contributed by atoms with Crippen LogP contribution in [0.5, 0.6) is 11.5 Å². The van der Waals surface area contributed by atoms with Gasteiger partial charge in [-0.15, -0.1) is 0 Å². The van der Waals surface area contributed by atoms with E-state index in [4.69, 9.17) is 9.73 Å². The van der Waals surface area contributed by atoms with Crippen LogP contribution >= 0.6 is 0 Å². The normalized spacial score (nSPS) is 23.4. The second kappa shape index (κ2) is 6.89. The first-order valence-corrected chi connectivity index (χ1v) is 8.71. The minimum atomic E-state index is -0.399. The van der Waals surface area contributed by atoms with Gasteiger partial charge in [-0.3, -0.25) is 10.3 Å². The smallest absolute Gasteiger partial charge is 0.120 e. The van der Waals surface area contributed by atoms with Crippen LogP contribution in [0.25, 0.3) is 0 Å².